The van der Waals surface area contributed by atoms with Crippen molar-refractivity contribution < 1.29 is 4.79 Å². The van der Waals surface area contributed by atoms with E-state index in [1.54, 1.807) is 24.0 Å². The number of rotatable bonds is 4. The zero-order valence-electron chi connectivity index (χ0n) is 14.7. The molecular weight excluding hydrogens is 417 g/mol. The standard InChI is InChI=1S/C17H19BrN5O2P/c1-9(2)15-12-6-10(18)4-5-11(12)17(25)23(21-15)8-14(24)20-16-13(26)7-19-22(16)3/h4-7,9H,8,26H2,1-3H3,(H,20,24). The predicted octanol–water partition coefficient (Wildman–Crippen LogP) is 2.16. The fraction of sp³-hybridized carbons (Fsp3) is 0.294. The topological polar surface area (TPSA) is 81.8 Å². The summed E-state index contributed by atoms with van der Waals surface area (Å²) in [5, 5.41) is 13.4. The monoisotopic (exact) mass is 435 g/mol. The molecule has 0 saturated heterocycles. The third-order valence-electron chi connectivity index (χ3n) is 4.02. The highest BCUT2D eigenvalue weighted by atomic mass is 79.9. The predicted molar refractivity (Wildman–Crippen MR) is 109 cm³/mol. The van der Waals surface area contributed by atoms with E-state index in [9.17, 15) is 9.59 Å². The first-order valence-electron chi connectivity index (χ1n) is 8.05. The second kappa shape index (κ2) is 7.29. The SMILES string of the molecule is CC(C)c1nn(CC(=O)Nc2c(P)cnn2C)c(=O)c2ccc(Br)cc12. The first-order chi connectivity index (χ1) is 12.3. The number of aromatic nitrogens is 4. The fourth-order valence-electron chi connectivity index (χ4n) is 2.73. The Morgan fingerprint density at radius 3 is 2.69 bits per heavy atom. The van der Waals surface area contributed by atoms with Crippen LogP contribution < -0.4 is 16.2 Å². The number of amides is 1. The van der Waals surface area contributed by atoms with Gasteiger partial charge in [-0.05, 0) is 24.1 Å². The van der Waals surface area contributed by atoms with Gasteiger partial charge < -0.3 is 5.32 Å². The molecule has 1 N–H and O–H groups in total. The molecule has 0 radical (unpaired) electrons. The number of anilines is 1. The van der Waals surface area contributed by atoms with E-state index in [0.717, 1.165) is 20.9 Å². The van der Waals surface area contributed by atoms with E-state index in [4.69, 9.17) is 0 Å². The molecule has 0 bridgehead atoms. The molecule has 1 amide bonds. The molecule has 3 aromatic rings. The summed E-state index contributed by atoms with van der Waals surface area (Å²) in [4.78, 5) is 25.2. The lowest BCUT2D eigenvalue weighted by atomic mass is 10.0. The molecule has 0 aliphatic rings. The number of carbonyl (C=O) groups is 1. The number of aryl methyl sites for hydroxylation is 1. The van der Waals surface area contributed by atoms with E-state index >= 15 is 0 Å². The summed E-state index contributed by atoms with van der Waals surface area (Å²) in [6.07, 6.45) is 1.63. The molecule has 9 heteroatoms. The maximum absolute atomic E-state index is 12.8. The van der Waals surface area contributed by atoms with Crippen molar-refractivity contribution in [3.05, 3.63) is 44.9 Å². The van der Waals surface area contributed by atoms with Gasteiger partial charge in [0, 0.05) is 22.2 Å². The van der Waals surface area contributed by atoms with Crippen LogP contribution in [-0.2, 0) is 18.4 Å². The van der Waals surface area contributed by atoms with Gasteiger partial charge in [0.1, 0.15) is 12.4 Å². The molecule has 0 saturated carbocycles. The molecule has 0 fully saturated rings. The lowest BCUT2D eigenvalue weighted by Crippen LogP contribution is -2.31. The first-order valence-corrected chi connectivity index (χ1v) is 9.42. The second-order valence-corrected chi connectivity index (χ2v) is 7.85. The van der Waals surface area contributed by atoms with Crippen LogP contribution in [0.4, 0.5) is 5.82 Å². The van der Waals surface area contributed by atoms with Gasteiger partial charge in [0.2, 0.25) is 5.91 Å². The van der Waals surface area contributed by atoms with Crippen LogP contribution in [-0.4, -0.2) is 25.5 Å². The van der Waals surface area contributed by atoms with Crippen molar-refractivity contribution in [2.45, 2.75) is 26.3 Å². The molecule has 1 unspecified atom stereocenters. The summed E-state index contributed by atoms with van der Waals surface area (Å²) in [6.45, 7) is 3.85. The van der Waals surface area contributed by atoms with Crippen LogP contribution in [0.5, 0.6) is 0 Å². The third-order valence-corrected chi connectivity index (χ3v) is 4.93. The average molecular weight is 436 g/mol. The number of nitrogens with one attached hydrogen (secondary N) is 1. The van der Waals surface area contributed by atoms with Crippen molar-refractivity contribution in [3.63, 3.8) is 0 Å². The molecule has 136 valence electrons. The van der Waals surface area contributed by atoms with E-state index in [0.29, 0.717) is 11.2 Å². The van der Waals surface area contributed by atoms with Crippen molar-refractivity contribution in [2.24, 2.45) is 7.05 Å². The van der Waals surface area contributed by atoms with Crippen LogP contribution in [0.15, 0.2) is 33.7 Å². The number of benzene rings is 1. The van der Waals surface area contributed by atoms with Crippen molar-refractivity contribution in [2.75, 3.05) is 5.32 Å². The second-order valence-electron chi connectivity index (χ2n) is 6.31. The number of carbonyl (C=O) groups excluding carboxylic acids is 1. The summed E-state index contributed by atoms with van der Waals surface area (Å²) in [5.41, 5.74) is 0.490. The quantitative estimate of drug-likeness (QED) is 0.636. The smallest absolute Gasteiger partial charge is 0.275 e. The minimum Gasteiger partial charge on any atom is -0.309 e. The highest BCUT2D eigenvalue weighted by Gasteiger charge is 2.16. The summed E-state index contributed by atoms with van der Waals surface area (Å²) >= 11 is 3.43. The van der Waals surface area contributed by atoms with Crippen molar-refractivity contribution in [1.82, 2.24) is 19.6 Å². The van der Waals surface area contributed by atoms with E-state index in [1.165, 1.54) is 4.68 Å². The van der Waals surface area contributed by atoms with Gasteiger partial charge in [-0.1, -0.05) is 39.0 Å². The summed E-state index contributed by atoms with van der Waals surface area (Å²) < 4.78 is 3.67. The number of halogens is 1. The molecule has 1 aromatic carbocycles. The number of hydrogen-bond donors (Lipinski definition) is 1. The Balaban J connectivity index is 2.00. The maximum atomic E-state index is 12.8. The van der Waals surface area contributed by atoms with Crippen molar-refractivity contribution in [3.8, 4) is 0 Å². The zero-order valence-corrected chi connectivity index (χ0v) is 17.4. The van der Waals surface area contributed by atoms with Gasteiger partial charge in [-0.2, -0.15) is 10.2 Å². The summed E-state index contributed by atoms with van der Waals surface area (Å²) in [7, 11) is 4.25. The van der Waals surface area contributed by atoms with E-state index in [2.05, 4.69) is 40.7 Å². The molecule has 0 aliphatic carbocycles. The maximum Gasteiger partial charge on any atom is 0.275 e. The summed E-state index contributed by atoms with van der Waals surface area (Å²) in [5.74, 6) is 0.345. The molecule has 2 aromatic heterocycles. The zero-order chi connectivity index (χ0) is 19.0. The van der Waals surface area contributed by atoms with Gasteiger partial charge in [-0.25, -0.2) is 4.68 Å². The number of nitrogens with zero attached hydrogens (tertiary/aromatic N) is 4. The third kappa shape index (κ3) is 3.57. The van der Waals surface area contributed by atoms with Crippen molar-refractivity contribution in [1.29, 1.82) is 0 Å². The van der Waals surface area contributed by atoms with Gasteiger partial charge in [-0.3, -0.25) is 14.3 Å². The fourth-order valence-corrected chi connectivity index (χ4v) is 3.42. The van der Waals surface area contributed by atoms with Gasteiger partial charge in [0.25, 0.3) is 5.56 Å². The highest BCUT2D eigenvalue weighted by Crippen LogP contribution is 2.24. The Morgan fingerprint density at radius 1 is 1.35 bits per heavy atom. The molecule has 3 rings (SSSR count). The van der Waals surface area contributed by atoms with E-state index in [1.807, 2.05) is 26.0 Å². The Kier molecular flexibility index (Phi) is 5.25. The molecule has 7 nitrogen and oxygen atoms in total. The van der Waals surface area contributed by atoms with Crippen LogP contribution in [0, 0.1) is 0 Å². The van der Waals surface area contributed by atoms with E-state index < -0.39 is 0 Å². The molecular formula is C17H19BrN5O2P. The largest absolute Gasteiger partial charge is 0.309 e. The highest BCUT2D eigenvalue weighted by molar-refractivity contribution is 9.10. The number of hydrogen-bond acceptors (Lipinski definition) is 4. The lowest BCUT2D eigenvalue weighted by molar-refractivity contribution is -0.117. The van der Waals surface area contributed by atoms with Crippen LogP contribution in [0.1, 0.15) is 25.5 Å². The lowest BCUT2D eigenvalue weighted by Gasteiger charge is -2.14. The molecule has 1 atom stereocenters. The van der Waals surface area contributed by atoms with Crippen LogP contribution in [0.3, 0.4) is 0 Å². The number of fused-ring (bicyclic) bond motifs is 1. The van der Waals surface area contributed by atoms with Crippen LogP contribution >= 0.6 is 25.2 Å². The Labute approximate surface area is 161 Å². The Bertz CT molecular complexity index is 1040. The van der Waals surface area contributed by atoms with Crippen LogP contribution in [0.25, 0.3) is 10.8 Å². The van der Waals surface area contributed by atoms with Gasteiger partial charge in [0.15, 0.2) is 0 Å². The summed E-state index contributed by atoms with van der Waals surface area (Å²) in [6, 6.07) is 5.46. The van der Waals surface area contributed by atoms with E-state index in [-0.39, 0.29) is 23.9 Å². The van der Waals surface area contributed by atoms with Gasteiger partial charge >= 0.3 is 0 Å². The minimum atomic E-state index is -0.335. The Morgan fingerprint density at radius 2 is 2.08 bits per heavy atom. The first kappa shape index (κ1) is 18.7. The van der Waals surface area contributed by atoms with Gasteiger partial charge in [0.05, 0.1) is 17.3 Å². The Hall–Kier alpha value is -2.05. The molecule has 26 heavy (non-hydrogen) atoms. The van der Waals surface area contributed by atoms with Gasteiger partial charge in [-0.15, -0.1) is 0 Å². The van der Waals surface area contributed by atoms with Crippen molar-refractivity contribution >= 4 is 53.0 Å². The average Bonchev–Trinajstić information content (AvgIpc) is 2.89. The molecule has 2 heterocycles. The minimum absolute atomic E-state index is 0.109. The van der Waals surface area contributed by atoms with Crippen LogP contribution in [0.2, 0.25) is 0 Å². The molecule has 0 aliphatic heterocycles. The molecule has 0 spiro atoms. The normalized spacial score (nSPS) is 11.3.